The van der Waals surface area contributed by atoms with Gasteiger partial charge in [-0.25, -0.2) is 0 Å². The van der Waals surface area contributed by atoms with Crippen molar-refractivity contribution in [2.45, 2.75) is 6.42 Å². The summed E-state index contributed by atoms with van der Waals surface area (Å²) in [7, 11) is 0. The van der Waals surface area contributed by atoms with Crippen LogP contribution in [0.4, 0.5) is 5.69 Å². The van der Waals surface area contributed by atoms with E-state index in [1.165, 1.54) is 0 Å². The first-order chi connectivity index (χ1) is 9.95. The number of nitrogens with one attached hydrogen (secondary N) is 1. The molecule has 0 saturated heterocycles. The third kappa shape index (κ3) is 4.41. The van der Waals surface area contributed by atoms with E-state index in [0.29, 0.717) is 21.3 Å². The van der Waals surface area contributed by atoms with E-state index in [9.17, 15) is 9.59 Å². The van der Waals surface area contributed by atoms with Gasteiger partial charge in [-0.05, 0) is 51.8 Å². The molecule has 0 spiro atoms. The van der Waals surface area contributed by atoms with Crippen molar-refractivity contribution >= 4 is 49.4 Å². The van der Waals surface area contributed by atoms with Crippen molar-refractivity contribution in [1.82, 2.24) is 0 Å². The Morgan fingerprint density at radius 2 is 1.86 bits per heavy atom. The van der Waals surface area contributed by atoms with Gasteiger partial charge in [-0.1, -0.05) is 28.1 Å². The van der Waals surface area contributed by atoms with Crippen LogP contribution in [0.1, 0.15) is 15.9 Å². The molecule has 0 radical (unpaired) electrons. The van der Waals surface area contributed by atoms with Crippen molar-refractivity contribution in [3.63, 3.8) is 0 Å². The van der Waals surface area contributed by atoms with Crippen molar-refractivity contribution in [1.29, 1.82) is 0 Å². The molecular weight excluding hydrogens is 402 g/mol. The lowest BCUT2D eigenvalue weighted by molar-refractivity contribution is -0.136. The van der Waals surface area contributed by atoms with Gasteiger partial charge < -0.3 is 10.4 Å². The molecule has 2 aromatic rings. The number of anilines is 1. The Kier molecular flexibility index (Phi) is 5.14. The minimum absolute atomic E-state index is 0.0791. The average Bonchev–Trinajstić information content (AvgIpc) is 2.41. The SMILES string of the molecule is O=C(O)Cc1cccc(NC(=O)c2cc(Br)ccc2Br)c1. The Hall–Kier alpha value is -1.66. The Morgan fingerprint density at radius 1 is 1.10 bits per heavy atom. The smallest absolute Gasteiger partial charge is 0.307 e. The molecule has 0 unspecified atom stereocenters. The van der Waals surface area contributed by atoms with Crippen LogP contribution in [0.5, 0.6) is 0 Å². The largest absolute Gasteiger partial charge is 0.481 e. The van der Waals surface area contributed by atoms with Crippen LogP contribution in [-0.2, 0) is 11.2 Å². The summed E-state index contributed by atoms with van der Waals surface area (Å²) in [5.74, 6) is -1.18. The van der Waals surface area contributed by atoms with Crippen molar-refractivity contribution in [2.75, 3.05) is 5.32 Å². The molecule has 6 heteroatoms. The number of carbonyl (C=O) groups is 2. The summed E-state index contributed by atoms with van der Waals surface area (Å²) in [5.41, 5.74) is 1.69. The lowest BCUT2D eigenvalue weighted by Crippen LogP contribution is -2.13. The normalized spacial score (nSPS) is 10.2. The molecule has 21 heavy (non-hydrogen) atoms. The molecule has 0 saturated carbocycles. The topological polar surface area (TPSA) is 66.4 Å². The van der Waals surface area contributed by atoms with Crippen molar-refractivity contribution in [2.24, 2.45) is 0 Å². The van der Waals surface area contributed by atoms with Crippen LogP contribution in [0.3, 0.4) is 0 Å². The highest BCUT2D eigenvalue weighted by Crippen LogP contribution is 2.23. The fraction of sp³-hybridized carbons (Fsp3) is 0.0667. The first-order valence-corrected chi connectivity index (χ1v) is 7.61. The zero-order valence-electron chi connectivity index (χ0n) is 10.8. The predicted molar refractivity (Wildman–Crippen MR) is 87.6 cm³/mol. The minimum Gasteiger partial charge on any atom is -0.481 e. The molecule has 0 heterocycles. The second-order valence-electron chi connectivity index (χ2n) is 4.35. The van der Waals surface area contributed by atoms with E-state index in [1.807, 2.05) is 6.07 Å². The van der Waals surface area contributed by atoms with E-state index in [0.717, 1.165) is 4.47 Å². The molecule has 108 valence electrons. The third-order valence-electron chi connectivity index (χ3n) is 2.71. The van der Waals surface area contributed by atoms with Crippen LogP contribution in [0, 0.1) is 0 Å². The number of aliphatic carboxylic acids is 1. The lowest BCUT2D eigenvalue weighted by Gasteiger charge is -2.08. The fourth-order valence-electron chi connectivity index (χ4n) is 1.80. The van der Waals surface area contributed by atoms with Crippen LogP contribution >= 0.6 is 31.9 Å². The molecule has 4 nitrogen and oxygen atoms in total. The lowest BCUT2D eigenvalue weighted by atomic mass is 10.1. The Bertz CT molecular complexity index is 701. The van der Waals surface area contributed by atoms with Crippen LogP contribution in [0.2, 0.25) is 0 Å². The number of halogens is 2. The standard InChI is InChI=1S/C15H11Br2NO3/c16-10-4-5-13(17)12(8-10)15(21)18-11-3-1-2-9(6-11)7-14(19)20/h1-6,8H,7H2,(H,18,21)(H,19,20). The number of hydrogen-bond acceptors (Lipinski definition) is 2. The number of carboxylic acids is 1. The Labute approximate surface area is 138 Å². The summed E-state index contributed by atoms with van der Waals surface area (Å²) in [5, 5.41) is 11.5. The van der Waals surface area contributed by atoms with Gasteiger partial charge in [-0.2, -0.15) is 0 Å². The highest BCUT2D eigenvalue weighted by atomic mass is 79.9. The summed E-state index contributed by atoms with van der Waals surface area (Å²) in [6, 6.07) is 12.1. The number of rotatable bonds is 4. The summed E-state index contributed by atoms with van der Waals surface area (Å²) < 4.78 is 1.49. The first kappa shape index (κ1) is 15.7. The van der Waals surface area contributed by atoms with Crippen LogP contribution in [0.15, 0.2) is 51.4 Å². The van der Waals surface area contributed by atoms with Gasteiger partial charge in [-0.15, -0.1) is 0 Å². The summed E-state index contributed by atoms with van der Waals surface area (Å²) in [6.07, 6.45) is -0.0791. The van der Waals surface area contributed by atoms with Gasteiger partial charge in [0.05, 0.1) is 12.0 Å². The van der Waals surface area contributed by atoms with Crippen molar-refractivity contribution in [3.05, 3.63) is 62.5 Å². The molecule has 1 amide bonds. The second-order valence-corrected chi connectivity index (χ2v) is 6.12. The minimum atomic E-state index is -0.909. The van der Waals surface area contributed by atoms with E-state index in [2.05, 4.69) is 37.2 Å². The molecule has 0 aliphatic carbocycles. The predicted octanol–water partition coefficient (Wildman–Crippen LogP) is 4.09. The van der Waals surface area contributed by atoms with Gasteiger partial charge in [0.15, 0.2) is 0 Å². The Morgan fingerprint density at radius 3 is 2.57 bits per heavy atom. The summed E-state index contributed by atoms with van der Waals surface area (Å²) in [6.45, 7) is 0. The Balaban J connectivity index is 2.19. The van der Waals surface area contributed by atoms with Gasteiger partial charge in [-0.3, -0.25) is 9.59 Å². The molecule has 0 aliphatic heterocycles. The van der Waals surface area contributed by atoms with Crippen molar-refractivity contribution < 1.29 is 14.7 Å². The first-order valence-electron chi connectivity index (χ1n) is 6.03. The van der Waals surface area contributed by atoms with Gasteiger partial charge in [0.1, 0.15) is 0 Å². The molecule has 0 aliphatic rings. The molecule has 0 aromatic heterocycles. The average molecular weight is 413 g/mol. The molecular formula is C15H11Br2NO3. The number of hydrogen-bond donors (Lipinski definition) is 2. The number of carbonyl (C=O) groups excluding carboxylic acids is 1. The molecule has 2 rings (SSSR count). The molecule has 0 atom stereocenters. The highest BCUT2D eigenvalue weighted by molar-refractivity contribution is 9.11. The third-order valence-corrected chi connectivity index (χ3v) is 3.90. The zero-order valence-corrected chi connectivity index (χ0v) is 13.9. The zero-order chi connectivity index (χ0) is 15.4. The van der Waals surface area contributed by atoms with E-state index >= 15 is 0 Å². The van der Waals surface area contributed by atoms with E-state index in [-0.39, 0.29) is 12.3 Å². The maximum absolute atomic E-state index is 12.2. The monoisotopic (exact) mass is 411 g/mol. The number of benzene rings is 2. The van der Waals surface area contributed by atoms with Crippen LogP contribution < -0.4 is 5.32 Å². The quantitative estimate of drug-likeness (QED) is 0.794. The maximum atomic E-state index is 12.2. The molecule has 0 bridgehead atoms. The van der Waals surface area contributed by atoms with Crippen LogP contribution in [0.25, 0.3) is 0 Å². The van der Waals surface area contributed by atoms with Gasteiger partial charge in [0.2, 0.25) is 0 Å². The summed E-state index contributed by atoms with van der Waals surface area (Å²) in [4.78, 5) is 22.9. The van der Waals surface area contributed by atoms with Gasteiger partial charge in [0.25, 0.3) is 5.91 Å². The second kappa shape index (κ2) is 6.87. The summed E-state index contributed by atoms with van der Waals surface area (Å²) >= 11 is 6.65. The van der Waals surface area contributed by atoms with Gasteiger partial charge >= 0.3 is 5.97 Å². The van der Waals surface area contributed by atoms with Gasteiger partial charge in [0, 0.05) is 14.6 Å². The number of amides is 1. The van der Waals surface area contributed by atoms with Crippen LogP contribution in [-0.4, -0.2) is 17.0 Å². The van der Waals surface area contributed by atoms with E-state index < -0.39 is 5.97 Å². The number of carboxylic acid groups (broad SMARTS) is 1. The maximum Gasteiger partial charge on any atom is 0.307 e. The van der Waals surface area contributed by atoms with Crippen molar-refractivity contribution in [3.8, 4) is 0 Å². The van der Waals surface area contributed by atoms with E-state index in [4.69, 9.17) is 5.11 Å². The highest BCUT2D eigenvalue weighted by Gasteiger charge is 2.11. The van der Waals surface area contributed by atoms with E-state index in [1.54, 1.807) is 36.4 Å². The molecule has 2 N–H and O–H groups in total. The molecule has 0 fully saturated rings. The fourth-order valence-corrected chi connectivity index (χ4v) is 2.59. The molecule has 2 aromatic carbocycles.